The zero-order valence-electron chi connectivity index (χ0n) is 16.9. The summed E-state index contributed by atoms with van der Waals surface area (Å²) in [5, 5.41) is 4.22. The Hall–Kier alpha value is -3.08. The predicted octanol–water partition coefficient (Wildman–Crippen LogP) is 4.35. The number of fused-ring (bicyclic) bond motifs is 1. The second kappa shape index (κ2) is 8.11. The Labute approximate surface area is 171 Å². The van der Waals surface area contributed by atoms with Crippen LogP contribution >= 0.6 is 0 Å². The van der Waals surface area contributed by atoms with Crippen molar-refractivity contribution in [3.8, 4) is 11.1 Å². The van der Waals surface area contributed by atoms with Gasteiger partial charge in [0.1, 0.15) is 0 Å². The molecule has 150 valence electrons. The smallest absolute Gasteiger partial charge is 0.253 e. The lowest BCUT2D eigenvalue weighted by Crippen LogP contribution is -2.38. The molecule has 5 nitrogen and oxygen atoms in total. The van der Waals surface area contributed by atoms with Gasteiger partial charge in [0.25, 0.3) is 5.91 Å². The molecule has 2 aromatic carbocycles. The van der Waals surface area contributed by atoms with Crippen molar-refractivity contribution in [3.63, 3.8) is 0 Å². The molecular weight excluding hydrogens is 362 g/mol. The molecule has 1 aliphatic rings. The van der Waals surface area contributed by atoms with Gasteiger partial charge in [-0.05, 0) is 66.1 Å². The molecule has 3 aromatic rings. The molecule has 29 heavy (non-hydrogen) atoms. The van der Waals surface area contributed by atoms with Crippen molar-refractivity contribution in [2.75, 3.05) is 7.05 Å². The Morgan fingerprint density at radius 3 is 2.59 bits per heavy atom. The predicted molar refractivity (Wildman–Crippen MR) is 116 cm³/mol. The summed E-state index contributed by atoms with van der Waals surface area (Å²) in [5.74, 6) is 0.114. The van der Waals surface area contributed by atoms with E-state index in [1.54, 1.807) is 0 Å². The van der Waals surface area contributed by atoms with Crippen LogP contribution in [0, 0.1) is 0 Å². The fourth-order valence-electron chi connectivity index (χ4n) is 4.18. The van der Waals surface area contributed by atoms with Gasteiger partial charge in [-0.2, -0.15) is 0 Å². The second-order valence-corrected chi connectivity index (χ2v) is 7.86. The molecule has 0 radical (unpaired) electrons. The number of aromatic nitrogens is 1. The van der Waals surface area contributed by atoms with Gasteiger partial charge in [0.05, 0.1) is 0 Å². The van der Waals surface area contributed by atoms with Crippen molar-refractivity contribution >= 4 is 22.7 Å². The molecular formula is C24H27N3O2. The molecule has 1 saturated carbocycles. The zero-order valence-corrected chi connectivity index (χ0v) is 16.9. The average molecular weight is 389 g/mol. The number of carbonyl (C=O) groups excluding carboxylic acids is 2. The van der Waals surface area contributed by atoms with Gasteiger partial charge in [0.15, 0.2) is 0 Å². The third-order valence-corrected chi connectivity index (χ3v) is 5.98. The first kappa shape index (κ1) is 19.2. The summed E-state index contributed by atoms with van der Waals surface area (Å²) in [6.45, 7) is 1.86. The number of H-pyrrole nitrogens is 1. The minimum absolute atomic E-state index is 0.0325. The van der Waals surface area contributed by atoms with Crippen LogP contribution in [0.4, 0.5) is 0 Å². The van der Waals surface area contributed by atoms with Crippen molar-refractivity contribution in [1.29, 1.82) is 0 Å². The molecule has 4 rings (SSSR count). The fourth-order valence-corrected chi connectivity index (χ4v) is 4.18. The summed E-state index contributed by atoms with van der Waals surface area (Å²) < 4.78 is 0. The largest absolute Gasteiger partial charge is 0.361 e. The molecule has 0 aliphatic heterocycles. The van der Waals surface area contributed by atoms with E-state index in [2.05, 4.69) is 34.6 Å². The molecule has 1 aromatic heterocycles. The summed E-state index contributed by atoms with van der Waals surface area (Å²) >= 11 is 0. The van der Waals surface area contributed by atoms with E-state index in [9.17, 15) is 9.59 Å². The minimum atomic E-state index is 0.0325. The molecule has 2 amide bonds. The van der Waals surface area contributed by atoms with E-state index in [0.29, 0.717) is 12.0 Å². The van der Waals surface area contributed by atoms with Crippen LogP contribution in [-0.2, 0) is 4.79 Å². The number of hydrogen-bond acceptors (Lipinski definition) is 2. The molecule has 0 unspecified atom stereocenters. The third-order valence-electron chi connectivity index (χ3n) is 5.98. The summed E-state index contributed by atoms with van der Waals surface area (Å²) in [5.41, 5.74) is 4.04. The maximum atomic E-state index is 12.9. The van der Waals surface area contributed by atoms with Crippen LogP contribution in [0.1, 0.15) is 43.0 Å². The maximum absolute atomic E-state index is 12.9. The summed E-state index contributed by atoms with van der Waals surface area (Å²) in [6.07, 6.45) is 5.11. The standard InChI is InChI=1S/C24H27N3O2/c1-3-23(28)26-20-9-10-21(15-20)27(2)24(29)17-6-4-16(5-7-17)18-8-11-22-19(14-18)12-13-25-22/h4-8,11-14,20-21,25H,3,9-10,15H2,1-2H3,(H,26,28)/t20-,21+/m1/s1. The van der Waals surface area contributed by atoms with Crippen LogP contribution in [0.2, 0.25) is 0 Å². The molecule has 0 spiro atoms. The van der Waals surface area contributed by atoms with E-state index in [1.807, 2.05) is 49.3 Å². The summed E-state index contributed by atoms with van der Waals surface area (Å²) in [6, 6.07) is 16.5. The first-order valence-corrected chi connectivity index (χ1v) is 10.3. The van der Waals surface area contributed by atoms with Gasteiger partial charge < -0.3 is 15.2 Å². The Morgan fingerprint density at radius 2 is 1.83 bits per heavy atom. The number of rotatable bonds is 5. The Morgan fingerprint density at radius 1 is 1.07 bits per heavy atom. The summed E-state index contributed by atoms with van der Waals surface area (Å²) in [4.78, 5) is 29.6. The molecule has 0 saturated heterocycles. The van der Waals surface area contributed by atoms with Gasteiger partial charge >= 0.3 is 0 Å². The fraction of sp³-hybridized carbons (Fsp3) is 0.333. The number of nitrogens with one attached hydrogen (secondary N) is 2. The minimum Gasteiger partial charge on any atom is -0.361 e. The van der Waals surface area contributed by atoms with Crippen LogP contribution < -0.4 is 5.32 Å². The quantitative estimate of drug-likeness (QED) is 0.681. The molecule has 1 fully saturated rings. The van der Waals surface area contributed by atoms with Crippen molar-refractivity contribution < 1.29 is 9.59 Å². The molecule has 2 atom stereocenters. The van der Waals surface area contributed by atoms with E-state index in [1.165, 1.54) is 5.39 Å². The third kappa shape index (κ3) is 4.04. The highest BCUT2D eigenvalue weighted by Crippen LogP contribution is 2.27. The van der Waals surface area contributed by atoms with Crippen molar-refractivity contribution in [1.82, 2.24) is 15.2 Å². The number of benzene rings is 2. The molecule has 1 heterocycles. The van der Waals surface area contributed by atoms with Crippen molar-refractivity contribution in [2.24, 2.45) is 0 Å². The normalized spacial score (nSPS) is 18.7. The number of carbonyl (C=O) groups is 2. The number of aromatic amines is 1. The average Bonchev–Trinajstić information content (AvgIpc) is 3.41. The second-order valence-electron chi connectivity index (χ2n) is 7.86. The van der Waals surface area contributed by atoms with Gasteiger partial charge in [-0.3, -0.25) is 9.59 Å². The zero-order chi connectivity index (χ0) is 20.4. The van der Waals surface area contributed by atoms with Crippen LogP contribution in [0.15, 0.2) is 54.7 Å². The molecule has 0 bridgehead atoms. The van der Waals surface area contributed by atoms with E-state index in [0.717, 1.165) is 35.9 Å². The number of hydrogen-bond donors (Lipinski definition) is 2. The van der Waals surface area contributed by atoms with Crippen molar-refractivity contribution in [3.05, 3.63) is 60.3 Å². The summed E-state index contributed by atoms with van der Waals surface area (Å²) in [7, 11) is 1.87. The highest BCUT2D eigenvalue weighted by Gasteiger charge is 2.30. The van der Waals surface area contributed by atoms with E-state index >= 15 is 0 Å². The van der Waals surface area contributed by atoms with E-state index in [-0.39, 0.29) is 23.9 Å². The highest BCUT2D eigenvalue weighted by molar-refractivity contribution is 5.95. The van der Waals surface area contributed by atoms with E-state index < -0.39 is 0 Å². The Balaban J connectivity index is 1.43. The number of nitrogens with zero attached hydrogens (tertiary/aromatic N) is 1. The first-order chi connectivity index (χ1) is 14.0. The Bertz CT molecular complexity index is 1020. The monoisotopic (exact) mass is 389 g/mol. The Kier molecular flexibility index (Phi) is 5.38. The topological polar surface area (TPSA) is 65.2 Å². The lowest BCUT2D eigenvalue weighted by atomic mass is 10.0. The lowest BCUT2D eigenvalue weighted by Gasteiger charge is -2.25. The van der Waals surface area contributed by atoms with Crippen molar-refractivity contribution in [2.45, 2.75) is 44.7 Å². The van der Waals surface area contributed by atoms with Gasteiger partial charge in [0.2, 0.25) is 5.91 Å². The lowest BCUT2D eigenvalue weighted by molar-refractivity contribution is -0.121. The van der Waals surface area contributed by atoms with Crippen LogP contribution in [0.3, 0.4) is 0 Å². The molecule has 2 N–H and O–H groups in total. The number of amides is 2. The molecule has 1 aliphatic carbocycles. The van der Waals surface area contributed by atoms with Gasteiger partial charge in [0, 0.05) is 42.8 Å². The first-order valence-electron chi connectivity index (χ1n) is 10.3. The maximum Gasteiger partial charge on any atom is 0.253 e. The van der Waals surface area contributed by atoms with Crippen LogP contribution in [0.25, 0.3) is 22.0 Å². The SMILES string of the molecule is CCC(=O)N[C@@H]1CC[C@H](N(C)C(=O)c2ccc(-c3ccc4[nH]ccc4c3)cc2)C1. The van der Waals surface area contributed by atoms with Gasteiger partial charge in [-0.1, -0.05) is 25.1 Å². The molecule has 5 heteroatoms. The van der Waals surface area contributed by atoms with E-state index in [4.69, 9.17) is 0 Å². The van der Waals surface area contributed by atoms with Crippen LogP contribution in [-0.4, -0.2) is 40.8 Å². The highest BCUT2D eigenvalue weighted by atomic mass is 16.2. The van der Waals surface area contributed by atoms with Gasteiger partial charge in [-0.25, -0.2) is 0 Å². The van der Waals surface area contributed by atoms with Crippen LogP contribution in [0.5, 0.6) is 0 Å². The van der Waals surface area contributed by atoms with Gasteiger partial charge in [-0.15, -0.1) is 0 Å².